The van der Waals surface area contributed by atoms with Gasteiger partial charge in [-0.25, -0.2) is 13.8 Å². The predicted octanol–water partition coefficient (Wildman–Crippen LogP) is 10.4. The quantitative estimate of drug-likeness (QED) is 0.0759. The van der Waals surface area contributed by atoms with Crippen LogP contribution in [0.2, 0.25) is 0 Å². The van der Waals surface area contributed by atoms with Crippen molar-refractivity contribution < 1.29 is 8.78 Å². The maximum atomic E-state index is 12.3. The Labute approximate surface area is 392 Å². The molecule has 0 aromatic heterocycles. The molecule has 3 fully saturated rings. The zero-order valence-corrected chi connectivity index (χ0v) is 40.8. The number of piperidine rings is 1. The molecule has 1 aliphatic carbocycles. The largest absolute Gasteiger partial charge is 0.396 e. The van der Waals surface area contributed by atoms with E-state index >= 15 is 0 Å². The van der Waals surface area contributed by atoms with Crippen molar-refractivity contribution in [3.05, 3.63) is 121 Å². The Hall–Kier alpha value is -5.10. The highest BCUT2D eigenvalue weighted by molar-refractivity contribution is 5.79. The monoisotopic (exact) mass is 899 g/mol. The molecule has 10 nitrogen and oxygen atoms in total. The number of likely N-dealkylation sites (N-methyl/N-ethyl adjacent to an activating group) is 1. The van der Waals surface area contributed by atoms with Crippen LogP contribution in [0.25, 0.3) is 0 Å². The summed E-state index contributed by atoms with van der Waals surface area (Å²) in [4.78, 5) is 18.0. The molecular formula is C53H84F2N10. The van der Waals surface area contributed by atoms with Gasteiger partial charge in [-0.2, -0.15) is 0 Å². The van der Waals surface area contributed by atoms with E-state index in [-0.39, 0.29) is 17.8 Å². The summed E-state index contributed by atoms with van der Waals surface area (Å²) < 4.78 is 24.7. The third-order valence-electron chi connectivity index (χ3n) is 12.8. The van der Waals surface area contributed by atoms with Crippen molar-refractivity contribution >= 4 is 23.8 Å². The number of nitrogens with two attached hydrogens (primary N) is 1. The fourth-order valence-corrected chi connectivity index (χ4v) is 8.86. The molecule has 5 N–H and O–H groups in total. The number of para-hydroxylation sites is 1. The van der Waals surface area contributed by atoms with E-state index in [9.17, 15) is 8.78 Å². The highest BCUT2D eigenvalue weighted by Crippen LogP contribution is 2.36. The van der Waals surface area contributed by atoms with Crippen molar-refractivity contribution in [2.24, 2.45) is 21.6 Å². The van der Waals surface area contributed by atoms with Crippen molar-refractivity contribution in [3.8, 4) is 0 Å². The van der Waals surface area contributed by atoms with Crippen LogP contribution in [0, 0.1) is 5.92 Å². The van der Waals surface area contributed by atoms with E-state index < -0.39 is 12.1 Å². The van der Waals surface area contributed by atoms with Crippen LogP contribution < -0.4 is 31.5 Å². The van der Waals surface area contributed by atoms with Crippen molar-refractivity contribution in [1.29, 1.82) is 0 Å². The fourth-order valence-electron chi connectivity index (χ4n) is 8.86. The maximum absolute atomic E-state index is 12.3. The Morgan fingerprint density at radius 2 is 1.62 bits per heavy atom. The minimum atomic E-state index is -2.64. The summed E-state index contributed by atoms with van der Waals surface area (Å²) >= 11 is 0. The van der Waals surface area contributed by atoms with Gasteiger partial charge in [0, 0.05) is 65.0 Å². The number of rotatable bonds is 20. The number of benzene rings is 1. The molecule has 65 heavy (non-hydrogen) atoms. The Bertz CT molecular complexity index is 1780. The van der Waals surface area contributed by atoms with Crippen LogP contribution in [-0.2, 0) is 6.42 Å². The van der Waals surface area contributed by atoms with Gasteiger partial charge < -0.3 is 41.3 Å². The minimum absolute atomic E-state index is 0.133. The van der Waals surface area contributed by atoms with Gasteiger partial charge in [0.2, 0.25) is 0 Å². The van der Waals surface area contributed by atoms with Crippen molar-refractivity contribution in [2.75, 3.05) is 71.2 Å². The Kier molecular flexibility index (Phi) is 25.2. The first-order valence-corrected chi connectivity index (χ1v) is 24.0. The zero-order valence-electron chi connectivity index (χ0n) is 40.8. The molecule has 1 unspecified atom stereocenters. The zero-order chi connectivity index (χ0) is 47.6. The number of alkyl halides is 2. The van der Waals surface area contributed by atoms with Gasteiger partial charge in [0.05, 0.1) is 29.2 Å². The topological polar surface area (TPSA) is 99.8 Å². The number of hydrogen-bond donors (Lipinski definition) is 4. The van der Waals surface area contributed by atoms with Crippen LogP contribution in [0.15, 0.2) is 126 Å². The maximum Gasteiger partial charge on any atom is 0.279 e. The molecule has 0 amide bonds. The van der Waals surface area contributed by atoms with Gasteiger partial charge in [0.15, 0.2) is 0 Å². The number of aryl methyl sites for hydroxylation is 1. The van der Waals surface area contributed by atoms with E-state index in [4.69, 9.17) is 5.73 Å². The average molecular weight is 899 g/mol. The molecule has 4 aliphatic rings. The summed E-state index contributed by atoms with van der Waals surface area (Å²) in [6.07, 6.45) is 29.3. The highest BCUT2D eigenvalue weighted by atomic mass is 19.3. The van der Waals surface area contributed by atoms with E-state index in [1.54, 1.807) is 19.2 Å². The van der Waals surface area contributed by atoms with Gasteiger partial charge in [-0.15, -0.1) is 6.58 Å². The van der Waals surface area contributed by atoms with Crippen LogP contribution in [-0.4, -0.2) is 102 Å². The van der Waals surface area contributed by atoms with Crippen molar-refractivity contribution in [1.82, 2.24) is 25.8 Å². The van der Waals surface area contributed by atoms with Gasteiger partial charge in [-0.3, -0.25) is 4.99 Å². The molecule has 3 aliphatic heterocycles. The molecule has 1 aromatic carbocycles. The first-order valence-electron chi connectivity index (χ1n) is 24.0. The van der Waals surface area contributed by atoms with Crippen molar-refractivity contribution in [2.45, 2.75) is 121 Å². The summed E-state index contributed by atoms with van der Waals surface area (Å²) in [6.45, 7) is 24.6. The molecule has 0 radical (unpaired) electrons. The van der Waals surface area contributed by atoms with Crippen LogP contribution in [0.1, 0.15) is 102 Å². The first kappa shape index (κ1) is 54.2. The second kappa shape index (κ2) is 30.2. The molecule has 3 heterocycles. The third-order valence-corrected chi connectivity index (χ3v) is 12.8. The Morgan fingerprint density at radius 3 is 2.18 bits per heavy atom. The number of likely N-dealkylation sites (tertiary alicyclic amines) is 2. The van der Waals surface area contributed by atoms with E-state index in [0.717, 1.165) is 74.0 Å². The average Bonchev–Trinajstić information content (AvgIpc) is 3.62. The molecule has 0 bridgehead atoms. The van der Waals surface area contributed by atoms with E-state index in [2.05, 4.69) is 118 Å². The second-order valence-corrected chi connectivity index (χ2v) is 17.6. The van der Waals surface area contributed by atoms with Crippen LogP contribution in [0.3, 0.4) is 0 Å². The van der Waals surface area contributed by atoms with Crippen LogP contribution in [0.4, 0.5) is 20.2 Å². The van der Waals surface area contributed by atoms with E-state index in [0.29, 0.717) is 0 Å². The number of aliphatic imine (C=N–C) groups is 2. The molecular weight excluding hydrogens is 815 g/mol. The summed E-state index contributed by atoms with van der Waals surface area (Å²) in [5.74, 6) is 2.86. The number of nitrogens with one attached hydrogen (secondary N) is 3. The minimum Gasteiger partial charge on any atom is -0.396 e. The van der Waals surface area contributed by atoms with E-state index in [1.165, 1.54) is 107 Å². The van der Waals surface area contributed by atoms with Gasteiger partial charge in [0.1, 0.15) is 17.3 Å². The molecule has 5 rings (SSSR count). The lowest BCUT2D eigenvalue weighted by Gasteiger charge is -2.35. The van der Waals surface area contributed by atoms with E-state index in [1.807, 2.05) is 31.6 Å². The number of allylic oxidation sites excluding steroid dienone is 7. The van der Waals surface area contributed by atoms with Crippen LogP contribution in [0.5, 0.6) is 0 Å². The van der Waals surface area contributed by atoms with Crippen molar-refractivity contribution in [3.63, 3.8) is 0 Å². The normalized spacial score (nSPS) is 18.0. The summed E-state index contributed by atoms with van der Waals surface area (Å²) in [5.41, 5.74) is 10.9. The first-order chi connectivity index (χ1) is 31.4. The number of hydrogen-bond acceptors (Lipinski definition) is 10. The van der Waals surface area contributed by atoms with Crippen LogP contribution >= 0.6 is 0 Å². The molecule has 1 saturated carbocycles. The summed E-state index contributed by atoms with van der Waals surface area (Å²) in [5, 5.41) is 9.29. The fraction of sp³-hybridized carbons (Fsp3) is 0.547. The molecule has 12 heteroatoms. The summed E-state index contributed by atoms with van der Waals surface area (Å²) in [6, 6.07) is 7.09. The Balaban J connectivity index is 0.000000280. The molecule has 1 aromatic rings. The lowest BCUT2D eigenvalue weighted by atomic mass is 9.90. The standard InChI is InChI=1S/C27H44N4.C15H21N3.C11H19F2N3/c1-8-10-16-25(22(3)28-4)31(9-2)26-17-12-15-24(27(26)29(5)6)14-11-13-23-18-20-30(7)21-19-23;1-3-13(4-2)15-16-10-9-14(17-15)18-11-7-5-6-8-12-18;1-15-9(10(14)11(12)13)7-16-8-5-3-2-4-6-8/h8-9,12,15,17,23,25,28H,1-3,10-11,13-14,16,18-21H2,4-7H3;3-4,9-10,17H,1-2,5-8,11-12H2;7-8,11,15H,2-6,14H2,1H3/b;;10-9+,16-7?. The molecule has 1 atom stereocenters. The van der Waals surface area contributed by atoms with Gasteiger partial charge in [0.25, 0.3) is 6.43 Å². The highest BCUT2D eigenvalue weighted by Gasteiger charge is 2.24. The number of halogens is 2. The smallest absolute Gasteiger partial charge is 0.279 e. The Morgan fingerprint density at radius 1 is 0.954 bits per heavy atom. The van der Waals surface area contributed by atoms with Gasteiger partial charge in [-0.05, 0) is 114 Å². The molecule has 360 valence electrons. The molecule has 0 spiro atoms. The van der Waals surface area contributed by atoms with Gasteiger partial charge >= 0.3 is 0 Å². The number of nitrogens with zero attached hydrogens (tertiary/aromatic N) is 6. The SMILES string of the molecule is C=CC(C=C)=C1N=CC=C(N2CCCCCC2)N1.C=CCCC(C(=C)NC)N(C=C)c1cccc(CCCC2CCN(C)CC2)c1N(C)C.CN/C(C=NC1CCCCC1)=C(/N)C(F)F. The number of anilines is 2. The molecule has 2 saturated heterocycles. The lowest BCUT2D eigenvalue weighted by Crippen LogP contribution is -2.37. The van der Waals surface area contributed by atoms with Gasteiger partial charge in [-0.1, -0.05) is 95.2 Å². The second-order valence-electron chi connectivity index (χ2n) is 17.6. The third kappa shape index (κ3) is 18.0. The lowest BCUT2D eigenvalue weighted by molar-refractivity contribution is 0.186. The predicted molar refractivity (Wildman–Crippen MR) is 277 cm³/mol. The summed E-state index contributed by atoms with van der Waals surface area (Å²) in [7, 11) is 10.0.